The number of aliphatic carboxylic acids is 1. The van der Waals surface area contributed by atoms with Gasteiger partial charge in [-0.2, -0.15) is 0 Å². The van der Waals surface area contributed by atoms with Crippen molar-refractivity contribution in [3.8, 4) is 0 Å². The molecule has 1 saturated carbocycles. The van der Waals surface area contributed by atoms with Gasteiger partial charge in [0.25, 0.3) is 0 Å². The van der Waals surface area contributed by atoms with Crippen molar-refractivity contribution < 1.29 is 19.7 Å². The van der Waals surface area contributed by atoms with Gasteiger partial charge in [-0.05, 0) is 18.8 Å². The van der Waals surface area contributed by atoms with Gasteiger partial charge >= 0.3 is 5.97 Å². The third-order valence-corrected chi connectivity index (χ3v) is 3.43. The second-order valence-electron chi connectivity index (χ2n) is 4.87. The van der Waals surface area contributed by atoms with E-state index in [2.05, 4.69) is 5.32 Å². The summed E-state index contributed by atoms with van der Waals surface area (Å²) < 4.78 is 5.17. The van der Waals surface area contributed by atoms with Crippen LogP contribution in [0.3, 0.4) is 0 Å². The Morgan fingerprint density at radius 2 is 2.06 bits per heavy atom. The summed E-state index contributed by atoms with van der Waals surface area (Å²) in [6.07, 6.45) is 3.12. The average molecular weight is 229 g/mol. The molecule has 5 heteroatoms. The third-order valence-electron chi connectivity index (χ3n) is 3.43. The molecule has 0 amide bonds. The number of rotatable bonds is 5. The van der Waals surface area contributed by atoms with Crippen LogP contribution >= 0.6 is 0 Å². The smallest absolute Gasteiger partial charge is 0.320 e. The Hall–Kier alpha value is -0.650. The fourth-order valence-electron chi connectivity index (χ4n) is 2.11. The van der Waals surface area contributed by atoms with Crippen LogP contribution in [0.5, 0.6) is 0 Å². The van der Waals surface area contributed by atoms with Crippen molar-refractivity contribution in [2.24, 2.45) is 5.92 Å². The molecule has 0 radical (unpaired) electrons. The molecule has 3 N–H and O–H groups in total. The van der Waals surface area contributed by atoms with Gasteiger partial charge in [-0.25, -0.2) is 0 Å². The number of hydrogen-bond acceptors (Lipinski definition) is 4. The van der Waals surface area contributed by atoms with Gasteiger partial charge in [0.05, 0.1) is 5.60 Å². The molecule has 1 unspecified atom stereocenters. The number of nitrogens with one attached hydrogen (secondary N) is 1. The van der Waals surface area contributed by atoms with E-state index in [1.807, 2.05) is 0 Å². The summed E-state index contributed by atoms with van der Waals surface area (Å²) in [4.78, 5) is 11.0. The quantitative estimate of drug-likeness (QED) is 0.617. The molecule has 0 aromatic heterocycles. The topological polar surface area (TPSA) is 78.8 Å². The highest BCUT2D eigenvalue weighted by molar-refractivity contribution is 5.74. The SMILES string of the molecule is O=C(O)C(NCC1(O)CCOCC1)C1CC1. The van der Waals surface area contributed by atoms with E-state index >= 15 is 0 Å². The van der Waals surface area contributed by atoms with Crippen molar-refractivity contribution in [2.75, 3.05) is 19.8 Å². The molecule has 1 heterocycles. The van der Waals surface area contributed by atoms with Crippen molar-refractivity contribution in [2.45, 2.75) is 37.3 Å². The molecule has 1 aliphatic heterocycles. The zero-order chi connectivity index (χ0) is 11.6. The Morgan fingerprint density at radius 1 is 1.44 bits per heavy atom. The lowest BCUT2D eigenvalue weighted by Gasteiger charge is -2.33. The number of carboxylic acid groups (broad SMARTS) is 1. The van der Waals surface area contributed by atoms with Crippen LogP contribution in [0.2, 0.25) is 0 Å². The Morgan fingerprint density at radius 3 is 2.56 bits per heavy atom. The van der Waals surface area contributed by atoms with Gasteiger partial charge in [-0.3, -0.25) is 4.79 Å². The molecular formula is C11H19NO4. The number of ether oxygens (including phenoxy) is 1. The van der Waals surface area contributed by atoms with Crippen molar-refractivity contribution in [1.82, 2.24) is 5.32 Å². The highest BCUT2D eigenvalue weighted by atomic mass is 16.5. The maximum atomic E-state index is 11.0. The molecule has 1 saturated heterocycles. The van der Waals surface area contributed by atoms with Crippen LogP contribution in [0.15, 0.2) is 0 Å². The van der Waals surface area contributed by atoms with Gasteiger partial charge < -0.3 is 20.3 Å². The van der Waals surface area contributed by atoms with Crippen LogP contribution in [-0.4, -0.2) is 47.6 Å². The lowest BCUT2D eigenvalue weighted by molar-refractivity contribution is -0.140. The summed E-state index contributed by atoms with van der Waals surface area (Å²) in [6, 6.07) is -0.494. The van der Waals surface area contributed by atoms with Gasteiger partial charge in [0.1, 0.15) is 6.04 Å². The maximum absolute atomic E-state index is 11.0. The predicted octanol–water partition coefficient (Wildman–Crippen LogP) is -0.0193. The van der Waals surface area contributed by atoms with Crippen LogP contribution in [0.4, 0.5) is 0 Å². The fourth-order valence-corrected chi connectivity index (χ4v) is 2.11. The summed E-state index contributed by atoms with van der Waals surface area (Å²) in [7, 11) is 0. The van der Waals surface area contributed by atoms with Gasteiger partial charge in [0, 0.05) is 32.6 Å². The summed E-state index contributed by atoms with van der Waals surface area (Å²) in [5, 5.41) is 22.2. The van der Waals surface area contributed by atoms with E-state index < -0.39 is 17.6 Å². The molecular weight excluding hydrogens is 210 g/mol. The molecule has 5 nitrogen and oxygen atoms in total. The van der Waals surface area contributed by atoms with Crippen LogP contribution in [0.25, 0.3) is 0 Å². The first kappa shape index (κ1) is 11.8. The van der Waals surface area contributed by atoms with Gasteiger partial charge in [-0.1, -0.05) is 0 Å². The van der Waals surface area contributed by atoms with E-state index in [1.54, 1.807) is 0 Å². The minimum absolute atomic E-state index is 0.251. The Bertz CT molecular complexity index is 259. The molecule has 1 atom stereocenters. The monoisotopic (exact) mass is 229 g/mol. The van der Waals surface area contributed by atoms with E-state index in [-0.39, 0.29) is 5.92 Å². The second-order valence-corrected chi connectivity index (χ2v) is 4.87. The largest absolute Gasteiger partial charge is 0.480 e. The normalized spacial score (nSPS) is 26.3. The lowest BCUT2D eigenvalue weighted by atomic mass is 9.94. The minimum Gasteiger partial charge on any atom is -0.480 e. The zero-order valence-electron chi connectivity index (χ0n) is 9.32. The van der Waals surface area contributed by atoms with E-state index in [9.17, 15) is 9.90 Å². The van der Waals surface area contributed by atoms with Crippen molar-refractivity contribution in [3.05, 3.63) is 0 Å². The first-order valence-corrected chi connectivity index (χ1v) is 5.87. The third kappa shape index (κ3) is 2.93. The van der Waals surface area contributed by atoms with Crippen molar-refractivity contribution >= 4 is 5.97 Å². The molecule has 1 aliphatic carbocycles. The molecule has 92 valence electrons. The molecule has 16 heavy (non-hydrogen) atoms. The highest BCUT2D eigenvalue weighted by Gasteiger charge is 2.38. The molecule has 2 rings (SSSR count). The van der Waals surface area contributed by atoms with E-state index in [0.29, 0.717) is 32.6 Å². The summed E-state index contributed by atoms with van der Waals surface area (Å²) in [5.74, 6) is -0.556. The second kappa shape index (κ2) is 4.69. The summed E-state index contributed by atoms with van der Waals surface area (Å²) >= 11 is 0. The molecule has 0 aromatic rings. The standard InChI is InChI=1S/C11H19NO4/c13-10(14)9(8-1-2-8)12-7-11(15)3-5-16-6-4-11/h8-9,12,15H,1-7H2,(H,13,14). The first-order valence-electron chi connectivity index (χ1n) is 5.87. The molecule has 0 spiro atoms. The number of hydrogen-bond donors (Lipinski definition) is 3. The Balaban J connectivity index is 1.82. The summed E-state index contributed by atoms with van der Waals surface area (Å²) in [6.45, 7) is 1.46. The fraction of sp³-hybridized carbons (Fsp3) is 0.909. The average Bonchev–Trinajstić information content (AvgIpc) is 3.02. The Labute approximate surface area is 94.8 Å². The number of aliphatic hydroxyl groups is 1. The minimum atomic E-state index is -0.807. The Kier molecular flexibility index (Phi) is 3.47. The number of carboxylic acids is 1. The molecule has 0 aromatic carbocycles. The van der Waals surface area contributed by atoms with Crippen LogP contribution in [0.1, 0.15) is 25.7 Å². The maximum Gasteiger partial charge on any atom is 0.320 e. The van der Waals surface area contributed by atoms with Crippen molar-refractivity contribution in [3.63, 3.8) is 0 Å². The predicted molar refractivity (Wildman–Crippen MR) is 57.2 cm³/mol. The van der Waals surface area contributed by atoms with Crippen LogP contribution in [-0.2, 0) is 9.53 Å². The van der Waals surface area contributed by atoms with Crippen LogP contribution in [0, 0.1) is 5.92 Å². The van der Waals surface area contributed by atoms with Gasteiger partial charge in [-0.15, -0.1) is 0 Å². The first-order chi connectivity index (χ1) is 7.61. The highest BCUT2D eigenvalue weighted by Crippen LogP contribution is 2.33. The van der Waals surface area contributed by atoms with Gasteiger partial charge in [0.2, 0.25) is 0 Å². The number of carbonyl (C=O) groups is 1. The van der Waals surface area contributed by atoms with Crippen molar-refractivity contribution in [1.29, 1.82) is 0 Å². The summed E-state index contributed by atoms with van der Waals surface area (Å²) in [5.41, 5.74) is -0.791. The van der Waals surface area contributed by atoms with Crippen LogP contribution < -0.4 is 5.32 Å². The van der Waals surface area contributed by atoms with E-state index in [1.165, 1.54) is 0 Å². The lowest BCUT2D eigenvalue weighted by Crippen LogP contribution is -2.50. The molecule has 2 fully saturated rings. The zero-order valence-corrected chi connectivity index (χ0v) is 9.32. The van der Waals surface area contributed by atoms with E-state index in [4.69, 9.17) is 9.84 Å². The molecule has 0 bridgehead atoms. The van der Waals surface area contributed by atoms with E-state index in [0.717, 1.165) is 12.8 Å². The van der Waals surface area contributed by atoms with Gasteiger partial charge in [0.15, 0.2) is 0 Å². The molecule has 2 aliphatic rings.